The molecule has 3 aromatic rings. The molecule has 0 aliphatic carbocycles. The predicted molar refractivity (Wildman–Crippen MR) is 147 cm³/mol. The average Bonchev–Trinajstić information content (AvgIpc) is 2.85. The third-order valence-electron chi connectivity index (χ3n) is 5.64. The molecule has 0 saturated carbocycles. The van der Waals surface area contributed by atoms with Crippen molar-refractivity contribution in [3.63, 3.8) is 0 Å². The van der Waals surface area contributed by atoms with Crippen molar-refractivity contribution >= 4 is 39.1 Å². The average molecular weight is 560 g/mol. The Labute approximate surface area is 228 Å². The zero-order valence-corrected chi connectivity index (χ0v) is 23.3. The largest absolute Gasteiger partial charge is 0.350 e. The van der Waals surface area contributed by atoms with Gasteiger partial charge >= 0.3 is 0 Å². The van der Waals surface area contributed by atoms with E-state index < -0.39 is 45.8 Å². The van der Waals surface area contributed by atoms with E-state index in [1.165, 1.54) is 35.2 Å². The summed E-state index contributed by atoms with van der Waals surface area (Å²) in [4.78, 5) is 28.0. The van der Waals surface area contributed by atoms with Crippen LogP contribution in [0.3, 0.4) is 0 Å². The number of nitrogens with one attached hydrogen (secondary N) is 1. The molecule has 1 N–H and O–H groups in total. The molecule has 38 heavy (non-hydrogen) atoms. The van der Waals surface area contributed by atoms with Crippen LogP contribution in [0.2, 0.25) is 5.02 Å². The molecule has 202 valence electrons. The lowest BCUT2D eigenvalue weighted by molar-refractivity contribution is -0.140. The summed E-state index contributed by atoms with van der Waals surface area (Å²) in [6.45, 7) is 6.25. The monoisotopic (exact) mass is 559 g/mol. The maximum atomic E-state index is 14.9. The Balaban J connectivity index is 2.04. The second kappa shape index (κ2) is 12.0. The van der Waals surface area contributed by atoms with Crippen LogP contribution in [0, 0.1) is 5.82 Å². The fourth-order valence-corrected chi connectivity index (χ4v) is 5.43. The lowest BCUT2D eigenvalue weighted by Crippen LogP contribution is -2.54. The topological polar surface area (TPSA) is 86.8 Å². The number of amides is 2. The van der Waals surface area contributed by atoms with Gasteiger partial charge in [0.15, 0.2) is 0 Å². The van der Waals surface area contributed by atoms with E-state index in [-0.39, 0.29) is 17.1 Å². The van der Waals surface area contributed by atoms with Gasteiger partial charge < -0.3 is 10.2 Å². The van der Waals surface area contributed by atoms with E-state index in [2.05, 4.69) is 5.32 Å². The quantitative estimate of drug-likeness (QED) is 0.399. The molecule has 0 radical (unpaired) electrons. The second-order valence-corrected chi connectivity index (χ2v) is 12.1. The number of nitrogens with zero attached hydrogens (tertiary/aromatic N) is 2. The van der Waals surface area contributed by atoms with Gasteiger partial charge in [-0.1, -0.05) is 54.1 Å². The first kappa shape index (κ1) is 29.1. The molecular formula is C28H31ClFN3O4S. The maximum absolute atomic E-state index is 14.9. The van der Waals surface area contributed by atoms with Gasteiger partial charge in [-0.2, -0.15) is 0 Å². The molecule has 0 heterocycles. The minimum Gasteiger partial charge on any atom is -0.350 e. The lowest BCUT2D eigenvalue weighted by atomic mass is 10.1. The first-order valence-corrected chi connectivity index (χ1v) is 13.8. The van der Waals surface area contributed by atoms with Gasteiger partial charge in [-0.15, -0.1) is 0 Å². The summed E-state index contributed by atoms with van der Waals surface area (Å²) in [7, 11) is -4.34. The van der Waals surface area contributed by atoms with Crippen molar-refractivity contribution in [3.05, 3.63) is 95.3 Å². The van der Waals surface area contributed by atoms with Crippen LogP contribution in [0.15, 0.2) is 83.8 Å². The molecule has 3 aromatic carbocycles. The molecule has 0 saturated heterocycles. The van der Waals surface area contributed by atoms with Crippen molar-refractivity contribution in [2.24, 2.45) is 0 Å². The van der Waals surface area contributed by atoms with E-state index >= 15 is 0 Å². The number of carbonyl (C=O) groups excluding carboxylic acids is 2. The molecule has 1 atom stereocenters. The molecule has 0 fully saturated rings. The van der Waals surface area contributed by atoms with Gasteiger partial charge in [-0.3, -0.25) is 13.9 Å². The van der Waals surface area contributed by atoms with Crippen LogP contribution in [0.5, 0.6) is 0 Å². The molecule has 0 unspecified atom stereocenters. The minimum absolute atomic E-state index is 0.0192. The third-order valence-corrected chi connectivity index (χ3v) is 7.65. The van der Waals surface area contributed by atoms with Crippen molar-refractivity contribution in [2.75, 3.05) is 10.8 Å². The Morgan fingerprint density at radius 3 is 2.21 bits per heavy atom. The highest BCUT2D eigenvalue weighted by atomic mass is 35.5. The smallest absolute Gasteiger partial charge is 0.264 e. The Bertz CT molecular complexity index is 1390. The highest BCUT2D eigenvalue weighted by molar-refractivity contribution is 7.92. The summed E-state index contributed by atoms with van der Waals surface area (Å²) in [5, 5.41) is 3.30. The Morgan fingerprint density at radius 1 is 0.974 bits per heavy atom. The van der Waals surface area contributed by atoms with E-state index in [0.717, 1.165) is 10.4 Å². The molecule has 0 spiro atoms. The number of sulfonamides is 1. The van der Waals surface area contributed by atoms with Crippen molar-refractivity contribution in [3.8, 4) is 0 Å². The van der Waals surface area contributed by atoms with Gasteiger partial charge in [-0.25, -0.2) is 12.8 Å². The lowest BCUT2D eigenvalue weighted by Gasteiger charge is -2.33. The first-order valence-electron chi connectivity index (χ1n) is 12.0. The van der Waals surface area contributed by atoms with Crippen LogP contribution in [-0.4, -0.2) is 43.3 Å². The van der Waals surface area contributed by atoms with Gasteiger partial charge in [-0.05, 0) is 69.7 Å². The highest BCUT2D eigenvalue weighted by Crippen LogP contribution is 2.27. The SMILES string of the molecule is C[C@@H](C(=O)NC(C)(C)C)N(Cc1cccc(Cl)c1)C(=O)CN(c1ccccc1F)S(=O)(=O)c1ccccc1. The second-order valence-electron chi connectivity index (χ2n) is 9.84. The van der Waals surface area contributed by atoms with Crippen LogP contribution in [0.1, 0.15) is 33.3 Å². The third kappa shape index (κ3) is 7.33. The molecule has 0 bridgehead atoms. The number of hydrogen-bond acceptors (Lipinski definition) is 4. The zero-order valence-electron chi connectivity index (χ0n) is 21.7. The first-order chi connectivity index (χ1) is 17.8. The van der Waals surface area contributed by atoms with E-state index in [0.29, 0.717) is 10.6 Å². The van der Waals surface area contributed by atoms with E-state index in [4.69, 9.17) is 11.6 Å². The summed E-state index contributed by atoms with van der Waals surface area (Å²) in [5.74, 6) is -1.92. The summed E-state index contributed by atoms with van der Waals surface area (Å²) >= 11 is 6.13. The number of hydrogen-bond donors (Lipinski definition) is 1. The summed E-state index contributed by atoms with van der Waals surface area (Å²) in [5.41, 5.74) is -0.199. The highest BCUT2D eigenvalue weighted by Gasteiger charge is 2.34. The predicted octanol–water partition coefficient (Wildman–Crippen LogP) is 5.01. The van der Waals surface area contributed by atoms with Gasteiger partial charge in [0.1, 0.15) is 18.4 Å². The number of rotatable bonds is 9. The molecule has 7 nitrogen and oxygen atoms in total. The Morgan fingerprint density at radius 2 is 1.61 bits per heavy atom. The van der Waals surface area contributed by atoms with E-state index in [9.17, 15) is 22.4 Å². The molecule has 2 amide bonds. The van der Waals surface area contributed by atoms with Crippen LogP contribution in [0.25, 0.3) is 0 Å². The van der Waals surface area contributed by atoms with Crippen molar-refractivity contribution in [1.82, 2.24) is 10.2 Å². The Hall–Kier alpha value is -3.43. The number of anilines is 1. The zero-order chi connectivity index (χ0) is 28.1. The molecule has 10 heteroatoms. The summed E-state index contributed by atoms with van der Waals surface area (Å²) < 4.78 is 42.9. The molecule has 3 rings (SSSR count). The number of carbonyl (C=O) groups is 2. The molecular weight excluding hydrogens is 529 g/mol. The Kier molecular flexibility index (Phi) is 9.17. The fraction of sp³-hybridized carbons (Fsp3) is 0.286. The normalized spacial score (nSPS) is 12.5. The van der Waals surface area contributed by atoms with Crippen molar-refractivity contribution < 1.29 is 22.4 Å². The van der Waals surface area contributed by atoms with Crippen LogP contribution >= 0.6 is 11.6 Å². The van der Waals surface area contributed by atoms with Gasteiger partial charge in [0.05, 0.1) is 10.6 Å². The van der Waals surface area contributed by atoms with Crippen LogP contribution in [0.4, 0.5) is 10.1 Å². The van der Waals surface area contributed by atoms with Crippen LogP contribution < -0.4 is 9.62 Å². The van der Waals surface area contributed by atoms with E-state index in [1.54, 1.807) is 49.4 Å². The number of para-hydroxylation sites is 1. The fourth-order valence-electron chi connectivity index (χ4n) is 3.78. The van der Waals surface area contributed by atoms with Gasteiger partial charge in [0, 0.05) is 17.1 Å². The van der Waals surface area contributed by atoms with Gasteiger partial charge in [0.25, 0.3) is 10.0 Å². The van der Waals surface area contributed by atoms with E-state index in [1.807, 2.05) is 20.8 Å². The maximum Gasteiger partial charge on any atom is 0.264 e. The van der Waals surface area contributed by atoms with Crippen LogP contribution in [-0.2, 0) is 26.2 Å². The molecule has 0 aromatic heterocycles. The molecule has 0 aliphatic rings. The summed E-state index contributed by atoms with van der Waals surface area (Å²) in [6.07, 6.45) is 0. The number of benzene rings is 3. The molecule has 0 aliphatic heterocycles. The van der Waals surface area contributed by atoms with Gasteiger partial charge in [0.2, 0.25) is 11.8 Å². The summed E-state index contributed by atoms with van der Waals surface area (Å²) in [6, 6.07) is 18.6. The standard InChI is InChI=1S/C28H31ClFN3O4S/c1-20(27(35)31-28(2,3)4)32(18-21-11-10-12-22(29)17-21)26(34)19-33(25-16-9-8-15-24(25)30)38(36,37)23-13-6-5-7-14-23/h5-17,20H,18-19H2,1-4H3,(H,31,35)/t20-/m0/s1. The van der Waals surface area contributed by atoms with Crippen molar-refractivity contribution in [2.45, 2.75) is 50.7 Å². The van der Waals surface area contributed by atoms with Crippen molar-refractivity contribution in [1.29, 1.82) is 0 Å². The minimum atomic E-state index is -4.34. The number of halogens is 2.